The van der Waals surface area contributed by atoms with Crippen molar-refractivity contribution in [2.45, 2.75) is 23.8 Å². The molecule has 0 aromatic rings. The lowest BCUT2D eigenvalue weighted by Crippen LogP contribution is -2.45. The zero-order chi connectivity index (χ0) is 12.0. The third kappa shape index (κ3) is 2.08. The SMILES string of the molecule is [B][C@@H]1O[C@@]2(COC)CO[C@H]1C2OP(C)(=O)O. The average Bonchev–Trinajstić information content (AvgIpc) is 2.54. The van der Waals surface area contributed by atoms with E-state index in [1.54, 1.807) is 0 Å². The third-order valence-corrected chi connectivity index (χ3v) is 3.35. The van der Waals surface area contributed by atoms with Crippen LogP contribution in [0.25, 0.3) is 0 Å². The summed E-state index contributed by atoms with van der Waals surface area (Å²) in [5, 5.41) is 0. The van der Waals surface area contributed by atoms with Gasteiger partial charge < -0.3 is 19.1 Å². The van der Waals surface area contributed by atoms with Crippen molar-refractivity contribution in [1.29, 1.82) is 0 Å². The summed E-state index contributed by atoms with van der Waals surface area (Å²) in [5.74, 6) is 0. The first-order valence-electron chi connectivity index (χ1n) is 4.90. The summed E-state index contributed by atoms with van der Waals surface area (Å²) in [4.78, 5) is 9.25. The average molecular weight is 248 g/mol. The molecule has 2 fully saturated rings. The van der Waals surface area contributed by atoms with Gasteiger partial charge >= 0.3 is 7.60 Å². The Balaban J connectivity index is 2.19. The molecule has 90 valence electrons. The van der Waals surface area contributed by atoms with E-state index in [0.717, 1.165) is 6.66 Å². The monoisotopic (exact) mass is 248 g/mol. The Hall–Kier alpha value is 0.0949. The summed E-state index contributed by atoms with van der Waals surface area (Å²) in [5.41, 5.74) is -0.868. The lowest BCUT2D eigenvalue weighted by atomic mass is 9.92. The molecule has 2 aliphatic rings. The van der Waals surface area contributed by atoms with E-state index in [2.05, 4.69) is 0 Å². The summed E-state index contributed by atoms with van der Waals surface area (Å²) < 4.78 is 32.3. The molecule has 0 aromatic carbocycles. The molecule has 2 aliphatic heterocycles. The first kappa shape index (κ1) is 12.5. The van der Waals surface area contributed by atoms with Crippen molar-refractivity contribution in [1.82, 2.24) is 0 Å². The van der Waals surface area contributed by atoms with E-state index in [9.17, 15) is 9.46 Å². The molecule has 2 rings (SSSR count). The van der Waals surface area contributed by atoms with Crippen LogP contribution in [0.15, 0.2) is 0 Å². The van der Waals surface area contributed by atoms with Gasteiger partial charge in [-0.3, -0.25) is 9.09 Å². The van der Waals surface area contributed by atoms with Crippen LogP contribution < -0.4 is 0 Å². The quantitative estimate of drug-likeness (QED) is 0.533. The molecule has 2 unspecified atom stereocenters. The summed E-state index contributed by atoms with van der Waals surface area (Å²) in [6, 6.07) is -0.652. The van der Waals surface area contributed by atoms with E-state index < -0.39 is 31.4 Å². The molecule has 6 nitrogen and oxygen atoms in total. The van der Waals surface area contributed by atoms with Crippen LogP contribution in [0.5, 0.6) is 0 Å². The smallest absolute Gasteiger partial charge is 0.325 e. The van der Waals surface area contributed by atoms with Gasteiger partial charge in [0.25, 0.3) is 0 Å². The van der Waals surface area contributed by atoms with E-state index in [1.165, 1.54) is 7.11 Å². The Bertz CT molecular complexity index is 320. The molecule has 1 N–H and O–H groups in total. The maximum Gasteiger partial charge on any atom is 0.325 e. The summed E-state index contributed by atoms with van der Waals surface area (Å²) in [6.07, 6.45) is -1.18. The summed E-state index contributed by atoms with van der Waals surface area (Å²) >= 11 is 0. The molecule has 2 radical (unpaired) electrons. The lowest BCUT2D eigenvalue weighted by Gasteiger charge is -2.30. The predicted molar refractivity (Wildman–Crippen MR) is 55.6 cm³/mol. The fourth-order valence-corrected chi connectivity index (χ4v) is 2.91. The highest BCUT2D eigenvalue weighted by Gasteiger charge is 2.61. The van der Waals surface area contributed by atoms with Gasteiger partial charge in [0.15, 0.2) is 0 Å². The van der Waals surface area contributed by atoms with E-state index in [-0.39, 0.29) is 13.2 Å². The highest BCUT2D eigenvalue weighted by molar-refractivity contribution is 7.51. The maximum absolute atomic E-state index is 11.3. The first-order chi connectivity index (χ1) is 7.38. The van der Waals surface area contributed by atoms with Gasteiger partial charge in [-0.05, 0) is 0 Å². The largest absolute Gasteiger partial charge is 0.381 e. The van der Waals surface area contributed by atoms with Gasteiger partial charge in [-0.2, -0.15) is 0 Å². The van der Waals surface area contributed by atoms with Gasteiger partial charge in [0.1, 0.15) is 25.7 Å². The molecule has 2 saturated heterocycles. The number of methoxy groups -OCH3 is 1. The van der Waals surface area contributed by atoms with Gasteiger partial charge in [-0.15, -0.1) is 0 Å². The van der Waals surface area contributed by atoms with Crippen LogP contribution >= 0.6 is 7.60 Å². The standard InChI is InChI=1S/C8H14BO6P/c1-12-3-8-4-13-5(7(9)14-8)6(8)15-16(2,10)11/h5-7H,3-4H2,1-2H3,(H,10,11)/t5-,6?,7+,8-/m0/s1. The fourth-order valence-electron chi connectivity index (χ4n) is 2.18. The Labute approximate surface area is 95.1 Å². The maximum atomic E-state index is 11.3. The zero-order valence-electron chi connectivity index (χ0n) is 9.16. The molecule has 2 bridgehead atoms. The molecule has 0 amide bonds. The minimum atomic E-state index is -3.61. The molecule has 5 atom stereocenters. The van der Waals surface area contributed by atoms with Crippen LogP contribution in [0, 0.1) is 0 Å². The van der Waals surface area contributed by atoms with Crippen LogP contribution in [0.3, 0.4) is 0 Å². The normalized spacial score (nSPS) is 45.8. The van der Waals surface area contributed by atoms with Crippen LogP contribution in [-0.2, 0) is 23.3 Å². The zero-order valence-corrected chi connectivity index (χ0v) is 10.1. The van der Waals surface area contributed by atoms with Crippen molar-refractivity contribution in [3.8, 4) is 0 Å². The predicted octanol–water partition coefficient (Wildman–Crippen LogP) is -0.504. The Kier molecular flexibility index (Phi) is 3.20. The minimum absolute atomic E-state index is 0.210. The molecule has 0 saturated carbocycles. The second-order valence-corrected chi connectivity index (χ2v) is 6.00. The van der Waals surface area contributed by atoms with Crippen LogP contribution in [0.1, 0.15) is 0 Å². The highest BCUT2D eigenvalue weighted by Crippen LogP contribution is 2.49. The number of ether oxygens (including phenoxy) is 3. The van der Waals surface area contributed by atoms with Crippen molar-refractivity contribution in [2.75, 3.05) is 27.0 Å². The first-order valence-corrected chi connectivity index (χ1v) is 6.93. The van der Waals surface area contributed by atoms with Crippen molar-refractivity contribution in [2.24, 2.45) is 0 Å². The number of hydrogen-bond acceptors (Lipinski definition) is 5. The van der Waals surface area contributed by atoms with Gasteiger partial charge in [-0.1, -0.05) is 0 Å². The molecular formula is C8H14BO6P. The van der Waals surface area contributed by atoms with Crippen molar-refractivity contribution in [3.63, 3.8) is 0 Å². The Morgan fingerprint density at radius 2 is 2.38 bits per heavy atom. The van der Waals surface area contributed by atoms with Gasteiger partial charge in [0.05, 0.1) is 13.2 Å². The van der Waals surface area contributed by atoms with Crippen molar-refractivity contribution in [3.05, 3.63) is 0 Å². The third-order valence-electron chi connectivity index (χ3n) is 2.73. The number of rotatable bonds is 4. The second kappa shape index (κ2) is 4.08. The molecular weight excluding hydrogens is 234 g/mol. The van der Waals surface area contributed by atoms with Gasteiger partial charge in [0, 0.05) is 19.8 Å². The molecule has 0 aliphatic carbocycles. The minimum Gasteiger partial charge on any atom is -0.381 e. The van der Waals surface area contributed by atoms with Crippen molar-refractivity contribution >= 4 is 15.4 Å². The molecule has 8 heteroatoms. The molecule has 16 heavy (non-hydrogen) atoms. The lowest BCUT2D eigenvalue weighted by molar-refractivity contribution is -0.141. The van der Waals surface area contributed by atoms with Crippen LogP contribution in [0.4, 0.5) is 0 Å². The van der Waals surface area contributed by atoms with Gasteiger partial charge in [0.2, 0.25) is 0 Å². The Morgan fingerprint density at radius 1 is 1.69 bits per heavy atom. The van der Waals surface area contributed by atoms with Gasteiger partial charge in [-0.25, -0.2) is 0 Å². The highest BCUT2D eigenvalue weighted by atomic mass is 31.2. The molecule has 0 spiro atoms. The topological polar surface area (TPSA) is 74.2 Å². The summed E-state index contributed by atoms with van der Waals surface area (Å²) in [7, 11) is 3.59. The van der Waals surface area contributed by atoms with E-state index in [0.29, 0.717) is 0 Å². The molecule has 0 aromatic heterocycles. The number of hydrogen-bond donors (Lipinski definition) is 1. The fraction of sp³-hybridized carbons (Fsp3) is 1.00. The van der Waals surface area contributed by atoms with E-state index in [4.69, 9.17) is 26.6 Å². The van der Waals surface area contributed by atoms with E-state index in [1.807, 2.05) is 0 Å². The summed E-state index contributed by atoms with van der Waals surface area (Å²) in [6.45, 7) is 1.59. The van der Waals surface area contributed by atoms with Crippen molar-refractivity contribution < 1.29 is 28.2 Å². The number of fused-ring (bicyclic) bond motifs is 2. The van der Waals surface area contributed by atoms with Crippen LogP contribution in [-0.4, -0.2) is 63.5 Å². The van der Waals surface area contributed by atoms with E-state index >= 15 is 0 Å². The Morgan fingerprint density at radius 3 is 2.88 bits per heavy atom. The van der Waals surface area contributed by atoms with Crippen LogP contribution in [0.2, 0.25) is 0 Å². The molecule has 2 heterocycles. The second-order valence-electron chi connectivity index (χ2n) is 4.18.